The highest BCUT2D eigenvalue weighted by Crippen LogP contribution is 2.33. The van der Waals surface area contributed by atoms with Crippen molar-refractivity contribution in [1.29, 1.82) is 0 Å². The summed E-state index contributed by atoms with van der Waals surface area (Å²) in [5.41, 5.74) is 0. The first-order chi connectivity index (χ1) is 8.22. The molecule has 94 valence electrons. The van der Waals surface area contributed by atoms with E-state index in [-0.39, 0.29) is 24.1 Å². The Morgan fingerprint density at radius 2 is 2.18 bits per heavy atom. The molecule has 2 saturated heterocycles. The van der Waals surface area contributed by atoms with Gasteiger partial charge in [-0.2, -0.15) is 0 Å². The van der Waals surface area contributed by atoms with Gasteiger partial charge in [-0.05, 0) is 12.8 Å². The van der Waals surface area contributed by atoms with Crippen LogP contribution < -0.4 is 5.32 Å². The van der Waals surface area contributed by atoms with Gasteiger partial charge in [0.05, 0.1) is 13.2 Å². The molecule has 1 aliphatic carbocycles. The molecular weight excluding hydrogens is 222 g/mol. The molecule has 2 heterocycles. The second-order valence-corrected chi connectivity index (χ2v) is 4.88. The van der Waals surface area contributed by atoms with Gasteiger partial charge in [0.15, 0.2) is 0 Å². The normalized spacial score (nSPS) is 32.6. The molecule has 0 bridgehead atoms. The number of methoxy groups -OCH3 is 1. The third kappa shape index (κ3) is 1.67. The van der Waals surface area contributed by atoms with Gasteiger partial charge in [-0.1, -0.05) is 0 Å². The van der Waals surface area contributed by atoms with Crippen LogP contribution in [0.3, 0.4) is 0 Å². The molecule has 0 radical (unpaired) electrons. The van der Waals surface area contributed by atoms with Gasteiger partial charge < -0.3 is 19.9 Å². The first-order valence-corrected chi connectivity index (χ1v) is 6.11. The maximum Gasteiger partial charge on any atom is 0.325 e. The van der Waals surface area contributed by atoms with E-state index < -0.39 is 0 Å². The number of hydrogen-bond donors (Lipinski definition) is 1. The molecule has 2 amide bonds. The fourth-order valence-corrected chi connectivity index (χ4v) is 2.77. The monoisotopic (exact) mass is 239 g/mol. The summed E-state index contributed by atoms with van der Waals surface area (Å²) in [6.45, 7) is 1.98. The Kier molecular flexibility index (Phi) is 2.47. The minimum absolute atomic E-state index is 0.0655. The largest absolute Gasteiger partial charge is 0.468 e. The van der Waals surface area contributed by atoms with Crippen LogP contribution in [0, 0.1) is 0 Å². The minimum atomic E-state index is -0.374. The molecule has 2 aliphatic heterocycles. The van der Waals surface area contributed by atoms with Gasteiger partial charge in [0.2, 0.25) is 0 Å². The van der Waals surface area contributed by atoms with E-state index in [0.717, 1.165) is 12.8 Å². The molecule has 0 spiro atoms. The summed E-state index contributed by atoms with van der Waals surface area (Å²) >= 11 is 0. The van der Waals surface area contributed by atoms with Crippen molar-refractivity contribution in [2.45, 2.75) is 31.0 Å². The highest BCUT2D eigenvalue weighted by Gasteiger charge is 2.50. The molecule has 1 N–H and O–H groups in total. The molecule has 0 aromatic carbocycles. The van der Waals surface area contributed by atoms with Crippen LogP contribution in [0.25, 0.3) is 0 Å². The SMILES string of the molecule is COC(=O)C1NCCN2C(=O)N(C3CC3)C[C@@H]12. The molecular formula is C11H17N3O3. The zero-order valence-electron chi connectivity index (χ0n) is 9.89. The highest BCUT2D eigenvalue weighted by atomic mass is 16.5. The van der Waals surface area contributed by atoms with E-state index in [1.807, 2.05) is 9.80 Å². The first kappa shape index (κ1) is 10.8. The van der Waals surface area contributed by atoms with E-state index >= 15 is 0 Å². The number of fused-ring (bicyclic) bond motifs is 1. The number of carbonyl (C=O) groups is 2. The summed E-state index contributed by atoms with van der Waals surface area (Å²) < 4.78 is 4.79. The van der Waals surface area contributed by atoms with E-state index in [4.69, 9.17) is 4.74 Å². The lowest BCUT2D eigenvalue weighted by atomic mass is 10.1. The maximum atomic E-state index is 12.1. The predicted octanol–water partition coefficient (Wildman–Crippen LogP) is -0.600. The van der Waals surface area contributed by atoms with Gasteiger partial charge in [0, 0.05) is 25.7 Å². The first-order valence-electron chi connectivity index (χ1n) is 6.11. The molecule has 1 saturated carbocycles. The third-order valence-corrected chi connectivity index (χ3v) is 3.82. The molecule has 3 fully saturated rings. The van der Waals surface area contributed by atoms with Gasteiger partial charge in [-0.25, -0.2) is 4.79 Å². The zero-order chi connectivity index (χ0) is 12.0. The number of carbonyl (C=O) groups excluding carboxylic acids is 2. The molecule has 0 aromatic rings. The molecule has 1 unspecified atom stereocenters. The van der Waals surface area contributed by atoms with Crippen molar-refractivity contribution in [3.63, 3.8) is 0 Å². The smallest absolute Gasteiger partial charge is 0.325 e. The second kappa shape index (κ2) is 3.87. The summed E-state index contributed by atoms with van der Waals surface area (Å²) in [5.74, 6) is -0.273. The van der Waals surface area contributed by atoms with Crippen molar-refractivity contribution in [3.05, 3.63) is 0 Å². The minimum Gasteiger partial charge on any atom is -0.468 e. The fourth-order valence-electron chi connectivity index (χ4n) is 2.77. The summed E-state index contributed by atoms with van der Waals surface area (Å²) in [6, 6.07) is 0.0602. The average molecular weight is 239 g/mol. The lowest BCUT2D eigenvalue weighted by molar-refractivity contribution is -0.145. The predicted molar refractivity (Wildman–Crippen MR) is 59.4 cm³/mol. The van der Waals surface area contributed by atoms with Crippen LogP contribution in [-0.4, -0.2) is 66.7 Å². The molecule has 17 heavy (non-hydrogen) atoms. The quantitative estimate of drug-likeness (QED) is 0.654. The van der Waals surface area contributed by atoms with Crippen molar-refractivity contribution in [1.82, 2.24) is 15.1 Å². The van der Waals surface area contributed by atoms with Crippen LogP contribution in [0.5, 0.6) is 0 Å². The van der Waals surface area contributed by atoms with Gasteiger partial charge in [-0.3, -0.25) is 4.79 Å². The van der Waals surface area contributed by atoms with Crippen LogP contribution in [-0.2, 0) is 9.53 Å². The number of hydrogen-bond acceptors (Lipinski definition) is 4. The van der Waals surface area contributed by atoms with E-state index in [1.54, 1.807) is 0 Å². The number of amides is 2. The van der Waals surface area contributed by atoms with Crippen molar-refractivity contribution in [2.24, 2.45) is 0 Å². The Hall–Kier alpha value is -1.30. The third-order valence-electron chi connectivity index (χ3n) is 3.82. The number of rotatable bonds is 2. The topological polar surface area (TPSA) is 61.9 Å². The van der Waals surface area contributed by atoms with Gasteiger partial charge in [-0.15, -0.1) is 0 Å². The van der Waals surface area contributed by atoms with E-state index in [1.165, 1.54) is 7.11 Å². The number of urea groups is 1. The van der Waals surface area contributed by atoms with Crippen molar-refractivity contribution >= 4 is 12.0 Å². The molecule has 3 rings (SSSR count). The second-order valence-electron chi connectivity index (χ2n) is 4.88. The van der Waals surface area contributed by atoms with Crippen LogP contribution in [0.1, 0.15) is 12.8 Å². The van der Waals surface area contributed by atoms with E-state index in [0.29, 0.717) is 25.7 Å². The Bertz CT molecular complexity index is 356. The van der Waals surface area contributed by atoms with Gasteiger partial charge >= 0.3 is 12.0 Å². The number of ether oxygens (including phenoxy) is 1. The number of nitrogens with one attached hydrogen (secondary N) is 1. The fraction of sp³-hybridized carbons (Fsp3) is 0.818. The van der Waals surface area contributed by atoms with Crippen molar-refractivity contribution in [3.8, 4) is 0 Å². The van der Waals surface area contributed by atoms with Crippen molar-refractivity contribution < 1.29 is 14.3 Å². The average Bonchev–Trinajstić information content (AvgIpc) is 3.14. The van der Waals surface area contributed by atoms with Crippen LogP contribution in [0.4, 0.5) is 4.79 Å². The van der Waals surface area contributed by atoms with Crippen molar-refractivity contribution in [2.75, 3.05) is 26.7 Å². The lowest BCUT2D eigenvalue weighted by Gasteiger charge is -2.34. The molecule has 0 aromatic heterocycles. The Morgan fingerprint density at radius 1 is 1.41 bits per heavy atom. The van der Waals surface area contributed by atoms with Crippen LogP contribution in [0.15, 0.2) is 0 Å². The lowest BCUT2D eigenvalue weighted by Crippen LogP contribution is -2.60. The van der Waals surface area contributed by atoms with Crippen LogP contribution in [0.2, 0.25) is 0 Å². The highest BCUT2D eigenvalue weighted by molar-refractivity contribution is 5.83. The summed E-state index contributed by atoms with van der Waals surface area (Å²) in [5, 5.41) is 3.15. The zero-order valence-corrected chi connectivity index (χ0v) is 9.89. The molecule has 3 aliphatic rings. The molecule has 2 atom stereocenters. The maximum absolute atomic E-state index is 12.1. The molecule has 6 nitrogen and oxygen atoms in total. The Balaban J connectivity index is 1.79. The summed E-state index contributed by atoms with van der Waals surface area (Å²) in [6.07, 6.45) is 2.20. The summed E-state index contributed by atoms with van der Waals surface area (Å²) in [7, 11) is 1.39. The van der Waals surface area contributed by atoms with E-state index in [9.17, 15) is 9.59 Å². The summed E-state index contributed by atoms with van der Waals surface area (Å²) in [4.78, 5) is 27.5. The number of nitrogens with zero attached hydrogens (tertiary/aromatic N) is 2. The number of piperazine rings is 1. The standard InChI is InChI=1S/C11H17N3O3/c1-17-10(15)9-8-6-14(7-2-3-7)11(16)13(8)5-4-12-9/h7-9,12H,2-6H2,1H3/t8-,9?/m0/s1. The van der Waals surface area contributed by atoms with Crippen LogP contribution >= 0.6 is 0 Å². The Morgan fingerprint density at radius 3 is 2.82 bits per heavy atom. The molecule has 6 heteroatoms. The van der Waals surface area contributed by atoms with E-state index in [2.05, 4.69) is 5.32 Å². The van der Waals surface area contributed by atoms with Gasteiger partial charge in [0.1, 0.15) is 6.04 Å². The Labute approximate surface area is 99.9 Å². The van der Waals surface area contributed by atoms with Gasteiger partial charge in [0.25, 0.3) is 0 Å². The number of esters is 1.